The average Bonchev–Trinajstić information content (AvgIpc) is 2.05. The SMILES string of the molecule is O=S(=O)(F)CCc1cc(Br)cnc1F. The van der Waals surface area contributed by atoms with Crippen LogP contribution in [0.5, 0.6) is 0 Å². The maximum Gasteiger partial charge on any atom is 0.302 e. The highest BCUT2D eigenvalue weighted by Gasteiger charge is 2.11. The van der Waals surface area contributed by atoms with Gasteiger partial charge in [-0.3, -0.25) is 0 Å². The quantitative estimate of drug-likeness (QED) is 0.629. The lowest BCUT2D eigenvalue weighted by Crippen LogP contribution is -2.04. The normalized spacial score (nSPS) is 11.6. The first-order valence-electron chi connectivity index (χ1n) is 3.61. The first kappa shape index (κ1) is 11.5. The Morgan fingerprint density at radius 2 is 2.14 bits per heavy atom. The van der Waals surface area contributed by atoms with Crippen molar-refractivity contribution in [3.8, 4) is 0 Å². The lowest BCUT2D eigenvalue weighted by molar-refractivity contribution is 0.546. The fourth-order valence-corrected chi connectivity index (χ4v) is 1.71. The molecule has 0 bridgehead atoms. The minimum Gasteiger partial charge on any atom is -0.227 e. The lowest BCUT2D eigenvalue weighted by atomic mass is 10.2. The van der Waals surface area contributed by atoms with E-state index in [1.807, 2.05) is 0 Å². The first-order chi connectivity index (χ1) is 6.38. The maximum absolute atomic E-state index is 12.9. The third-order valence-corrected chi connectivity index (χ3v) is 2.62. The number of aryl methyl sites for hydroxylation is 1. The fourth-order valence-electron chi connectivity index (χ4n) is 0.872. The third kappa shape index (κ3) is 3.67. The predicted molar refractivity (Wildman–Crippen MR) is 50.5 cm³/mol. The van der Waals surface area contributed by atoms with Crippen molar-refractivity contribution in [3.63, 3.8) is 0 Å². The molecule has 0 aliphatic heterocycles. The highest BCUT2D eigenvalue weighted by Crippen LogP contribution is 2.14. The predicted octanol–water partition coefficient (Wildman–Crippen LogP) is 1.83. The van der Waals surface area contributed by atoms with Crippen LogP contribution in [0.25, 0.3) is 0 Å². The summed E-state index contributed by atoms with van der Waals surface area (Å²) in [5, 5.41) is 0. The molecule has 1 rings (SSSR count). The molecule has 78 valence electrons. The van der Waals surface area contributed by atoms with Crippen molar-refractivity contribution in [1.29, 1.82) is 0 Å². The van der Waals surface area contributed by atoms with Crippen LogP contribution in [-0.2, 0) is 16.6 Å². The van der Waals surface area contributed by atoms with Crippen molar-refractivity contribution in [2.24, 2.45) is 0 Å². The van der Waals surface area contributed by atoms with Crippen LogP contribution in [-0.4, -0.2) is 19.2 Å². The molecule has 0 aromatic carbocycles. The number of hydrogen-bond acceptors (Lipinski definition) is 3. The highest BCUT2D eigenvalue weighted by atomic mass is 79.9. The summed E-state index contributed by atoms with van der Waals surface area (Å²) in [6.45, 7) is 0. The summed E-state index contributed by atoms with van der Waals surface area (Å²) in [4.78, 5) is 3.35. The van der Waals surface area contributed by atoms with Crippen molar-refractivity contribution in [1.82, 2.24) is 4.98 Å². The van der Waals surface area contributed by atoms with Crippen molar-refractivity contribution in [3.05, 3.63) is 28.2 Å². The molecule has 1 aromatic rings. The molecule has 0 saturated carbocycles. The van der Waals surface area contributed by atoms with Gasteiger partial charge in [-0.1, -0.05) is 0 Å². The Bertz CT molecular complexity index is 435. The molecular weight excluding hydrogens is 280 g/mol. The van der Waals surface area contributed by atoms with Gasteiger partial charge in [0.05, 0.1) is 5.75 Å². The number of nitrogens with zero attached hydrogens (tertiary/aromatic N) is 1. The molecule has 7 heteroatoms. The van der Waals surface area contributed by atoms with E-state index in [1.165, 1.54) is 12.3 Å². The average molecular weight is 286 g/mol. The summed E-state index contributed by atoms with van der Waals surface area (Å²) < 4.78 is 45.9. The largest absolute Gasteiger partial charge is 0.302 e. The van der Waals surface area contributed by atoms with E-state index in [1.54, 1.807) is 0 Å². The van der Waals surface area contributed by atoms with Crippen LogP contribution in [0, 0.1) is 5.95 Å². The summed E-state index contributed by atoms with van der Waals surface area (Å²) in [5.41, 5.74) is 0.0700. The van der Waals surface area contributed by atoms with Crippen LogP contribution in [0.2, 0.25) is 0 Å². The zero-order valence-corrected chi connectivity index (χ0v) is 9.28. The van der Waals surface area contributed by atoms with Crippen molar-refractivity contribution < 1.29 is 16.7 Å². The molecule has 0 fully saturated rings. The van der Waals surface area contributed by atoms with Gasteiger partial charge >= 0.3 is 10.2 Å². The fraction of sp³-hybridized carbons (Fsp3) is 0.286. The third-order valence-electron chi connectivity index (χ3n) is 1.49. The molecule has 0 N–H and O–H groups in total. The van der Waals surface area contributed by atoms with Gasteiger partial charge in [-0.25, -0.2) is 4.98 Å². The molecule has 0 aliphatic rings. The number of halogens is 3. The van der Waals surface area contributed by atoms with E-state index >= 15 is 0 Å². The summed E-state index contributed by atoms with van der Waals surface area (Å²) in [5.74, 6) is -1.51. The van der Waals surface area contributed by atoms with Gasteiger partial charge in [0, 0.05) is 16.2 Å². The molecule has 3 nitrogen and oxygen atoms in total. The van der Waals surface area contributed by atoms with E-state index in [0.29, 0.717) is 4.47 Å². The van der Waals surface area contributed by atoms with Crippen LogP contribution in [0.3, 0.4) is 0 Å². The van der Waals surface area contributed by atoms with Gasteiger partial charge < -0.3 is 0 Å². The Hall–Kier alpha value is -0.560. The van der Waals surface area contributed by atoms with E-state index < -0.39 is 21.9 Å². The van der Waals surface area contributed by atoms with Crippen LogP contribution in [0.15, 0.2) is 16.7 Å². The van der Waals surface area contributed by atoms with Gasteiger partial charge in [0.15, 0.2) is 0 Å². The van der Waals surface area contributed by atoms with E-state index in [4.69, 9.17) is 0 Å². The smallest absolute Gasteiger partial charge is 0.227 e. The van der Waals surface area contributed by atoms with Crippen LogP contribution < -0.4 is 0 Å². The maximum atomic E-state index is 12.9. The van der Waals surface area contributed by atoms with E-state index in [2.05, 4.69) is 20.9 Å². The second-order valence-corrected chi connectivity index (χ2v) is 5.00. The Labute approximate surface area is 88.5 Å². The summed E-state index contributed by atoms with van der Waals surface area (Å²) in [6, 6.07) is 1.37. The van der Waals surface area contributed by atoms with E-state index in [-0.39, 0.29) is 12.0 Å². The molecule has 0 saturated heterocycles. The van der Waals surface area contributed by atoms with Gasteiger partial charge in [0.2, 0.25) is 5.95 Å². The van der Waals surface area contributed by atoms with E-state index in [9.17, 15) is 16.7 Å². The number of aromatic nitrogens is 1. The van der Waals surface area contributed by atoms with Crippen molar-refractivity contribution in [2.45, 2.75) is 6.42 Å². The van der Waals surface area contributed by atoms with Crippen molar-refractivity contribution >= 4 is 26.2 Å². The molecule has 1 heterocycles. The Kier molecular flexibility index (Phi) is 3.54. The monoisotopic (exact) mass is 285 g/mol. The molecule has 0 atom stereocenters. The zero-order valence-electron chi connectivity index (χ0n) is 6.87. The summed E-state index contributed by atoms with van der Waals surface area (Å²) >= 11 is 3.04. The molecular formula is C7H6BrF2NO2S. The van der Waals surface area contributed by atoms with Crippen molar-refractivity contribution in [2.75, 3.05) is 5.75 Å². The Balaban J connectivity index is 2.81. The molecule has 14 heavy (non-hydrogen) atoms. The van der Waals surface area contributed by atoms with Gasteiger partial charge in [-0.2, -0.15) is 12.8 Å². The Morgan fingerprint density at radius 1 is 1.50 bits per heavy atom. The molecule has 0 radical (unpaired) electrons. The van der Waals surface area contributed by atoms with Crippen LogP contribution in [0.4, 0.5) is 8.28 Å². The lowest BCUT2D eigenvalue weighted by Gasteiger charge is -2.00. The number of hydrogen-bond donors (Lipinski definition) is 0. The molecule has 1 aromatic heterocycles. The van der Waals surface area contributed by atoms with Gasteiger partial charge in [0.1, 0.15) is 0 Å². The Morgan fingerprint density at radius 3 is 2.71 bits per heavy atom. The van der Waals surface area contributed by atoms with Gasteiger partial charge in [-0.05, 0) is 28.4 Å². The summed E-state index contributed by atoms with van der Waals surface area (Å²) in [7, 11) is -4.56. The minimum absolute atomic E-state index is 0.0700. The second kappa shape index (κ2) is 4.31. The number of rotatable bonds is 3. The van der Waals surface area contributed by atoms with Crippen LogP contribution in [0.1, 0.15) is 5.56 Å². The minimum atomic E-state index is -4.56. The molecule has 0 aliphatic carbocycles. The van der Waals surface area contributed by atoms with Gasteiger partial charge in [0.25, 0.3) is 0 Å². The first-order valence-corrected chi connectivity index (χ1v) is 5.95. The number of pyridine rings is 1. The molecule has 0 spiro atoms. The molecule has 0 unspecified atom stereocenters. The zero-order chi connectivity index (χ0) is 10.8. The van der Waals surface area contributed by atoms with Gasteiger partial charge in [-0.15, -0.1) is 3.89 Å². The standard InChI is InChI=1S/C7H6BrF2NO2S/c8-6-3-5(7(9)11-4-6)1-2-14(10,12)13/h3-4H,1-2H2. The van der Waals surface area contributed by atoms with E-state index in [0.717, 1.165) is 0 Å². The highest BCUT2D eigenvalue weighted by molar-refractivity contribution is 9.10. The molecule has 0 amide bonds. The topological polar surface area (TPSA) is 47.0 Å². The van der Waals surface area contributed by atoms with Crippen LogP contribution >= 0.6 is 15.9 Å². The summed E-state index contributed by atoms with van der Waals surface area (Å²) in [6.07, 6.45) is 1.01. The second-order valence-electron chi connectivity index (χ2n) is 2.60.